The lowest BCUT2D eigenvalue weighted by atomic mass is 9.79. The van der Waals surface area contributed by atoms with Gasteiger partial charge in [0.25, 0.3) is 5.91 Å². The van der Waals surface area contributed by atoms with E-state index in [9.17, 15) is 18.0 Å². The van der Waals surface area contributed by atoms with E-state index >= 15 is 0 Å². The van der Waals surface area contributed by atoms with Crippen molar-refractivity contribution >= 4 is 21.8 Å². The fraction of sp³-hybridized carbons (Fsp3) is 0.474. The number of nitrogens with zero attached hydrogens (tertiary/aromatic N) is 1. The second-order valence-corrected chi connectivity index (χ2v) is 8.61. The number of sulfone groups is 1. The lowest BCUT2D eigenvalue weighted by molar-refractivity contribution is -0.141. The van der Waals surface area contributed by atoms with Crippen LogP contribution in [0.25, 0.3) is 0 Å². The van der Waals surface area contributed by atoms with Crippen LogP contribution < -0.4 is 10.2 Å². The zero-order chi connectivity index (χ0) is 21.5. The summed E-state index contributed by atoms with van der Waals surface area (Å²) in [7, 11) is -2.60. The van der Waals surface area contributed by atoms with Gasteiger partial charge < -0.3 is 14.4 Å². The molecule has 1 fully saturated rings. The van der Waals surface area contributed by atoms with E-state index in [1.807, 2.05) is 0 Å². The number of benzene rings is 1. The molecule has 1 heterocycles. The summed E-state index contributed by atoms with van der Waals surface area (Å²) in [4.78, 5) is 25.4. The van der Waals surface area contributed by atoms with Crippen LogP contribution in [-0.4, -0.2) is 63.1 Å². The van der Waals surface area contributed by atoms with Crippen molar-refractivity contribution in [3.63, 3.8) is 0 Å². The van der Waals surface area contributed by atoms with Crippen LogP contribution in [0.5, 0.6) is 5.75 Å². The third kappa shape index (κ3) is 5.40. The van der Waals surface area contributed by atoms with Crippen molar-refractivity contribution in [1.29, 1.82) is 0 Å². The van der Waals surface area contributed by atoms with Gasteiger partial charge in [0.15, 0.2) is 9.84 Å². The normalized spacial score (nSPS) is 15.6. The molecule has 2 N–H and O–H groups in total. The van der Waals surface area contributed by atoms with E-state index in [2.05, 4.69) is 16.6 Å². The maximum atomic E-state index is 12.9. The van der Waals surface area contributed by atoms with Crippen molar-refractivity contribution in [3.05, 3.63) is 24.3 Å². The quantitative estimate of drug-likeness (QED) is 0.400. The number of rotatable bonds is 6. The minimum atomic E-state index is -3.85. The third-order valence-corrected chi connectivity index (χ3v) is 6.80. The number of amides is 2. The Morgan fingerprint density at radius 3 is 2.38 bits per heavy atom. The molecule has 1 aliphatic rings. The largest absolute Gasteiger partial charge is 0.481 e. The predicted octanol–water partition coefficient (Wildman–Crippen LogP) is 1.22. The Morgan fingerprint density at radius 2 is 1.86 bits per heavy atom. The van der Waals surface area contributed by atoms with E-state index in [-0.39, 0.29) is 37.4 Å². The molecule has 2 rings (SSSR count). The van der Waals surface area contributed by atoms with Gasteiger partial charge in [-0.1, -0.05) is 5.92 Å². The number of carbonyl (C=O) groups excluding carboxylic acids is 2. The molecule has 0 bridgehead atoms. The lowest BCUT2D eigenvalue weighted by Crippen LogP contribution is -2.52. The van der Waals surface area contributed by atoms with Gasteiger partial charge in [-0.3, -0.25) is 10.0 Å². The molecule has 158 valence electrons. The Balaban J connectivity index is 2.18. The van der Waals surface area contributed by atoms with E-state index in [0.717, 1.165) is 0 Å². The number of hydroxylamine groups is 1. The number of ether oxygens (including phenoxy) is 2. The van der Waals surface area contributed by atoms with Gasteiger partial charge in [0.2, 0.25) is 0 Å². The fourth-order valence-electron chi connectivity index (χ4n) is 3.18. The zero-order valence-electron chi connectivity index (χ0n) is 16.3. The summed E-state index contributed by atoms with van der Waals surface area (Å²) >= 11 is 0. The highest BCUT2D eigenvalue weighted by molar-refractivity contribution is 7.91. The Hall–Kier alpha value is -2.77. The molecular formula is C19H24N2O7S. The van der Waals surface area contributed by atoms with Crippen molar-refractivity contribution in [1.82, 2.24) is 10.4 Å². The zero-order valence-corrected chi connectivity index (χ0v) is 17.1. The molecule has 10 heteroatoms. The van der Waals surface area contributed by atoms with Gasteiger partial charge in [0.1, 0.15) is 12.4 Å². The molecule has 0 aromatic heterocycles. The molecular weight excluding hydrogens is 400 g/mol. The Bertz CT molecular complexity index is 893. The number of nitrogens with one attached hydrogen (secondary N) is 1. The Morgan fingerprint density at radius 1 is 1.24 bits per heavy atom. The molecule has 0 atom stereocenters. The first kappa shape index (κ1) is 22.5. The summed E-state index contributed by atoms with van der Waals surface area (Å²) in [6, 6.07) is 5.84. The highest BCUT2D eigenvalue weighted by Gasteiger charge is 2.46. The smallest absolute Gasteiger partial charge is 0.409 e. The van der Waals surface area contributed by atoms with Crippen LogP contribution in [0, 0.1) is 17.3 Å². The molecule has 1 aliphatic heterocycles. The molecule has 1 aromatic rings. The summed E-state index contributed by atoms with van der Waals surface area (Å²) < 4.78 is 35.9. The minimum Gasteiger partial charge on any atom is -0.481 e. The minimum absolute atomic E-state index is 0.0342. The van der Waals surface area contributed by atoms with Crippen molar-refractivity contribution in [2.45, 2.75) is 24.7 Å². The van der Waals surface area contributed by atoms with Crippen LogP contribution in [0.1, 0.15) is 19.8 Å². The van der Waals surface area contributed by atoms with Crippen molar-refractivity contribution < 1.29 is 32.7 Å². The van der Waals surface area contributed by atoms with Gasteiger partial charge in [-0.05, 0) is 44.0 Å². The maximum Gasteiger partial charge on any atom is 0.409 e. The van der Waals surface area contributed by atoms with Crippen molar-refractivity contribution in [3.8, 4) is 17.6 Å². The Kier molecular flexibility index (Phi) is 7.47. The topological polar surface area (TPSA) is 122 Å². The molecule has 2 amide bonds. The molecule has 0 unspecified atom stereocenters. The van der Waals surface area contributed by atoms with E-state index in [1.165, 1.54) is 36.3 Å². The average molecular weight is 424 g/mol. The van der Waals surface area contributed by atoms with Gasteiger partial charge in [0.05, 0.1) is 23.2 Å². The summed E-state index contributed by atoms with van der Waals surface area (Å²) in [5, 5.41) is 9.15. The number of hydrogen-bond donors (Lipinski definition) is 2. The highest BCUT2D eigenvalue weighted by atomic mass is 32.2. The summed E-state index contributed by atoms with van der Waals surface area (Å²) in [6.45, 7) is 2.16. The summed E-state index contributed by atoms with van der Waals surface area (Å²) in [6.07, 6.45) is -0.399. The van der Waals surface area contributed by atoms with Crippen LogP contribution in [0.15, 0.2) is 29.2 Å². The maximum absolute atomic E-state index is 12.9. The third-order valence-electron chi connectivity index (χ3n) is 4.87. The van der Waals surface area contributed by atoms with E-state index in [0.29, 0.717) is 5.75 Å². The second-order valence-electron chi connectivity index (χ2n) is 6.62. The van der Waals surface area contributed by atoms with E-state index in [1.54, 1.807) is 12.4 Å². The summed E-state index contributed by atoms with van der Waals surface area (Å²) in [5.74, 6) is 4.62. The fourth-order valence-corrected chi connectivity index (χ4v) is 5.05. The number of hydrogen-bond acceptors (Lipinski definition) is 7. The van der Waals surface area contributed by atoms with E-state index < -0.39 is 33.0 Å². The van der Waals surface area contributed by atoms with Gasteiger partial charge >= 0.3 is 6.09 Å². The second kappa shape index (κ2) is 9.62. The van der Waals surface area contributed by atoms with Crippen molar-refractivity contribution in [2.24, 2.45) is 5.41 Å². The van der Waals surface area contributed by atoms with Crippen molar-refractivity contribution in [2.75, 3.05) is 32.6 Å². The van der Waals surface area contributed by atoms with Crippen LogP contribution >= 0.6 is 0 Å². The first-order chi connectivity index (χ1) is 13.8. The number of carbonyl (C=O) groups is 2. The highest BCUT2D eigenvalue weighted by Crippen LogP contribution is 2.35. The number of piperidine rings is 1. The van der Waals surface area contributed by atoms with Gasteiger partial charge in [0, 0.05) is 13.1 Å². The van der Waals surface area contributed by atoms with E-state index in [4.69, 9.17) is 9.94 Å². The molecule has 0 saturated carbocycles. The van der Waals surface area contributed by atoms with Gasteiger partial charge in [-0.25, -0.2) is 18.7 Å². The van der Waals surface area contributed by atoms with Gasteiger partial charge in [-0.2, -0.15) is 0 Å². The van der Waals surface area contributed by atoms with Crippen LogP contribution in [0.3, 0.4) is 0 Å². The standard InChI is InChI=1S/C19H24N2O7S/c1-3-4-13-28-15-5-7-16(8-6-15)29(25,26)14-19(17(22)20-24)9-11-21(12-10-19)18(23)27-2/h5-8,24H,9-14H2,1-2H3,(H,20,22). The predicted molar refractivity (Wildman–Crippen MR) is 103 cm³/mol. The number of methoxy groups -OCH3 is 1. The molecule has 0 aliphatic carbocycles. The van der Waals surface area contributed by atoms with Crippen LogP contribution in [0.2, 0.25) is 0 Å². The average Bonchev–Trinajstić information content (AvgIpc) is 2.73. The molecule has 1 aromatic carbocycles. The molecule has 0 radical (unpaired) electrons. The molecule has 0 spiro atoms. The molecule has 1 saturated heterocycles. The lowest BCUT2D eigenvalue weighted by Gasteiger charge is -2.39. The summed E-state index contributed by atoms with van der Waals surface area (Å²) in [5.41, 5.74) is 0.217. The monoisotopic (exact) mass is 424 g/mol. The first-order valence-corrected chi connectivity index (χ1v) is 10.6. The SMILES string of the molecule is CC#CCOc1ccc(S(=O)(=O)CC2(C(=O)NO)CCN(C(=O)OC)CC2)cc1. The number of likely N-dealkylation sites (tertiary alicyclic amines) is 1. The van der Waals surface area contributed by atoms with Crippen LogP contribution in [-0.2, 0) is 19.4 Å². The van der Waals surface area contributed by atoms with Gasteiger partial charge in [-0.15, -0.1) is 5.92 Å². The van der Waals surface area contributed by atoms with Crippen LogP contribution in [0.4, 0.5) is 4.79 Å². The molecule has 29 heavy (non-hydrogen) atoms. The molecule has 9 nitrogen and oxygen atoms in total. The Labute approximate surface area is 169 Å². The first-order valence-electron chi connectivity index (χ1n) is 8.90.